The van der Waals surface area contributed by atoms with Gasteiger partial charge in [0.1, 0.15) is 5.56 Å². The number of aromatic nitrogens is 1. The quantitative estimate of drug-likeness (QED) is 0.772. The largest absolute Gasteiger partial charge is 0.491 e. The molecular weight excluding hydrogens is 304 g/mol. The molecule has 1 aliphatic rings. The van der Waals surface area contributed by atoms with Gasteiger partial charge in [0.2, 0.25) is 5.43 Å². The van der Waals surface area contributed by atoms with Crippen LogP contribution >= 0.6 is 0 Å². The number of amides is 1. The molecule has 0 saturated carbocycles. The van der Waals surface area contributed by atoms with Crippen LogP contribution in [0, 0.1) is 0 Å². The fourth-order valence-electron chi connectivity index (χ4n) is 2.58. The summed E-state index contributed by atoms with van der Waals surface area (Å²) in [5.74, 6) is -2.01. The first kappa shape index (κ1) is 17.0. The van der Waals surface area contributed by atoms with Gasteiger partial charge in [-0.1, -0.05) is 6.92 Å². The fourth-order valence-corrected chi connectivity index (χ4v) is 2.58. The van der Waals surface area contributed by atoms with E-state index in [0.717, 1.165) is 0 Å². The van der Waals surface area contributed by atoms with Crippen molar-refractivity contribution in [1.82, 2.24) is 9.47 Å². The minimum atomic E-state index is -1.36. The molecule has 2 rings (SSSR count). The van der Waals surface area contributed by atoms with Gasteiger partial charge in [0.15, 0.2) is 11.4 Å². The third-order valence-electron chi connectivity index (χ3n) is 3.98. The monoisotopic (exact) mass is 324 g/mol. The van der Waals surface area contributed by atoms with Crippen LogP contribution < -0.4 is 10.2 Å². The Morgan fingerprint density at radius 1 is 1.39 bits per heavy atom. The highest BCUT2D eigenvalue weighted by atomic mass is 16.5. The number of carbonyl (C=O) groups is 2. The van der Waals surface area contributed by atoms with E-state index in [0.29, 0.717) is 32.5 Å². The number of carboxylic acids is 1. The molecule has 23 heavy (non-hydrogen) atoms. The Morgan fingerprint density at radius 3 is 2.65 bits per heavy atom. The molecule has 1 atom stereocenters. The van der Waals surface area contributed by atoms with Crippen molar-refractivity contribution in [3.8, 4) is 5.75 Å². The second kappa shape index (κ2) is 6.82. The maximum absolute atomic E-state index is 12.6. The number of rotatable bonds is 6. The van der Waals surface area contributed by atoms with Crippen LogP contribution in [0.3, 0.4) is 0 Å². The normalized spacial score (nSPS) is 15.3. The lowest BCUT2D eigenvalue weighted by molar-refractivity contribution is 0.0641. The number of nitrogens with zero attached hydrogens (tertiary/aromatic N) is 2. The average molecular weight is 324 g/mol. The number of hydrogen-bond acceptors (Lipinski definition) is 5. The molecule has 1 unspecified atom stereocenters. The van der Waals surface area contributed by atoms with Crippen molar-refractivity contribution in [3.63, 3.8) is 0 Å². The highest BCUT2D eigenvalue weighted by molar-refractivity contribution is 5.97. The van der Waals surface area contributed by atoms with Gasteiger partial charge in [0.25, 0.3) is 5.91 Å². The molecule has 1 amide bonds. The Hall–Kier alpha value is -2.35. The second-order valence-electron chi connectivity index (χ2n) is 5.40. The predicted molar refractivity (Wildman–Crippen MR) is 81.0 cm³/mol. The predicted octanol–water partition coefficient (Wildman–Crippen LogP) is 0.172. The third kappa shape index (κ3) is 3.21. The first-order chi connectivity index (χ1) is 10.9. The summed E-state index contributed by atoms with van der Waals surface area (Å²) in [7, 11) is 1.23. The van der Waals surface area contributed by atoms with Crippen LogP contribution in [0.25, 0.3) is 0 Å². The second-order valence-corrected chi connectivity index (χ2v) is 5.40. The number of methoxy groups -OCH3 is 1. The maximum Gasteiger partial charge on any atom is 0.341 e. The summed E-state index contributed by atoms with van der Waals surface area (Å²) >= 11 is 0. The highest BCUT2D eigenvalue weighted by Crippen LogP contribution is 2.21. The Bertz CT molecular complexity index is 681. The van der Waals surface area contributed by atoms with Gasteiger partial charge < -0.3 is 24.4 Å². The summed E-state index contributed by atoms with van der Waals surface area (Å²) in [6.07, 6.45) is 1.74. The summed E-state index contributed by atoms with van der Waals surface area (Å²) in [6, 6.07) is 0. The molecule has 0 aliphatic carbocycles. The van der Waals surface area contributed by atoms with Crippen molar-refractivity contribution >= 4 is 11.9 Å². The van der Waals surface area contributed by atoms with Crippen molar-refractivity contribution in [2.24, 2.45) is 0 Å². The molecule has 0 spiro atoms. The van der Waals surface area contributed by atoms with Crippen LogP contribution in [0.4, 0.5) is 0 Å². The first-order valence-electron chi connectivity index (χ1n) is 7.42. The number of aliphatic hydroxyl groups is 1. The van der Waals surface area contributed by atoms with Gasteiger partial charge in [-0.25, -0.2) is 4.79 Å². The molecule has 2 heterocycles. The smallest absolute Gasteiger partial charge is 0.341 e. The van der Waals surface area contributed by atoms with E-state index in [4.69, 9.17) is 9.84 Å². The number of hydrogen-bond donors (Lipinski definition) is 2. The lowest BCUT2D eigenvalue weighted by Gasteiger charge is -2.31. The van der Waals surface area contributed by atoms with Crippen LogP contribution in [-0.4, -0.2) is 57.9 Å². The van der Waals surface area contributed by atoms with E-state index in [1.807, 2.05) is 6.92 Å². The van der Waals surface area contributed by atoms with E-state index in [1.165, 1.54) is 22.8 Å². The minimum Gasteiger partial charge on any atom is -0.491 e. The van der Waals surface area contributed by atoms with Crippen molar-refractivity contribution in [2.45, 2.75) is 32.4 Å². The van der Waals surface area contributed by atoms with E-state index in [1.54, 1.807) is 0 Å². The molecule has 0 radical (unpaired) electrons. The lowest BCUT2D eigenvalue weighted by Crippen LogP contribution is -2.43. The molecule has 2 N–H and O–H groups in total. The van der Waals surface area contributed by atoms with Crippen molar-refractivity contribution < 1.29 is 24.5 Å². The molecule has 0 fully saturated rings. The summed E-state index contributed by atoms with van der Waals surface area (Å²) in [4.78, 5) is 37.4. The lowest BCUT2D eigenvalue weighted by atomic mass is 10.1. The topological polar surface area (TPSA) is 109 Å². The number of pyridine rings is 1. The summed E-state index contributed by atoms with van der Waals surface area (Å²) in [6.45, 7) is 2.97. The maximum atomic E-state index is 12.6. The zero-order valence-electron chi connectivity index (χ0n) is 13.1. The van der Waals surface area contributed by atoms with Crippen molar-refractivity contribution in [3.05, 3.63) is 27.7 Å². The van der Waals surface area contributed by atoms with Gasteiger partial charge in [-0.3, -0.25) is 9.59 Å². The Labute approximate surface area is 132 Å². The van der Waals surface area contributed by atoms with E-state index in [2.05, 4.69) is 0 Å². The zero-order chi connectivity index (χ0) is 17.1. The zero-order valence-corrected chi connectivity index (χ0v) is 13.1. The molecule has 0 aromatic carbocycles. The fraction of sp³-hybridized carbons (Fsp3) is 0.533. The molecule has 1 aromatic heterocycles. The summed E-state index contributed by atoms with van der Waals surface area (Å²) in [5, 5.41) is 18.7. The van der Waals surface area contributed by atoms with Crippen LogP contribution in [0.5, 0.6) is 5.75 Å². The van der Waals surface area contributed by atoms with Gasteiger partial charge in [-0.2, -0.15) is 0 Å². The van der Waals surface area contributed by atoms with E-state index < -0.39 is 29.0 Å². The van der Waals surface area contributed by atoms with Crippen LogP contribution in [0.2, 0.25) is 0 Å². The number of aromatic carboxylic acids is 1. The summed E-state index contributed by atoms with van der Waals surface area (Å²) in [5.41, 5.74) is -1.18. The number of ether oxygens (including phenoxy) is 1. The van der Waals surface area contributed by atoms with Gasteiger partial charge in [0, 0.05) is 25.8 Å². The summed E-state index contributed by atoms with van der Waals surface area (Å²) < 4.78 is 6.45. The van der Waals surface area contributed by atoms with Crippen molar-refractivity contribution in [2.75, 3.05) is 20.2 Å². The molecule has 8 heteroatoms. The molecule has 1 aromatic rings. The SMILES string of the molecule is CCC(O)CCN1CCn2cc(C(=O)O)c(=O)c(OC)c2C1=O. The third-order valence-corrected chi connectivity index (χ3v) is 3.98. The van der Waals surface area contributed by atoms with Crippen LogP contribution in [-0.2, 0) is 6.54 Å². The van der Waals surface area contributed by atoms with E-state index >= 15 is 0 Å². The molecule has 0 saturated heterocycles. The molecule has 126 valence electrons. The highest BCUT2D eigenvalue weighted by Gasteiger charge is 2.31. The average Bonchev–Trinajstić information content (AvgIpc) is 2.53. The molecule has 1 aliphatic heterocycles. The van der Waals surface area contributed by atoms with Crippen molar-refractivity contribution in [1.29, 1.82) is 0 Å². The van der Waals surface area contributed by atoms with Gasteiger partial charge >= 0.3 is 5.97 Å². The van der Waals surface area contributed by atoms with Gasteiger partial charge in [0.05, 0.1) is 13.2 Å². The van der Waals surface area contributed by atoms with E-state index in [9.17, 15) is 19.5 Å². The minimum absolute atomic E-state index is 0.0553. The standard InChI is InChI=1S/C15H20N2O6/c1-3-9(18)4-5-16-6-7-17-8-10(15(21)22)12(19)13(23-2)11(17)14(16)20/h8-9,18H,3-7H2,1-2H3,(H,21,22). The van der Waals surface area contributed by atoms with Crippen LogP contribution in [0.1, 0.15) is 40.6 Å². The Kier molecular flexibility index (Phi) is 5.05. The first-order valence-corrected chi connectivity index (χ1v) is 7.42. The number of carboxylic acid groups (broad SMARTS) is 1. The van der Waals surface area contributed by atoms with Gasteiger partial charge in [-0.15, -0.1) is 0 Å². The number of aliphatic hydroxyl groups excluding tert-OH is 1. The molecular formula is C15H20N2O6. The molecule has 8 nitrogen and oxygen atoms in total. The van der Waals surface area contributed by atoms with Gasteiger partial charge in [-0.05, 0) is 12.8 Å². The van der Waals surface area contributed by atoms with Crippen LogP contribution in [0.15, 0.2) is 11.0 Å². The Balaban J connectivity index is 2.39. The van der Waals surface area contributed by atoms with E-state index in [-0.39, 0.29) is 11.4 Å². The molecule has 0 bridgehead atoms. The number of fused-ring (bicyclic) bond motifs is 1. The Morgan fingerprint density at radius 2 is 2.09 bits per heavy atom. The number of carbonyl (C=O) groups excluding carboxylic acids is 1.